The highest BCUT2D eigenvalue weighted by Crippen LogP contribution is 2.29. The molecule has 2 aromatic carbocycles. The standard InChI is InChI=1S/C19H20FN3OS/c1-22(2)11-6-12-23(18(24)14-7-5-8-15(20)13-14)19-21-16-9-3-4-10-17(16)25-19/h3-5,7-10,13H,6,11-12H2,1-2H3/p+1. The molecule has 0 atom stereocenters. The number of amides is 1. The number of para-hydroxylation sites is 1. The highest BCUT2D eigenvalue weighted by atomic mass is 32.1. The number of aromatic nitrogens is 1. The van der Waals surface area contributed by atoms with E-state index in [4.69, 9.17) is 0 Å². The zero-order valence-corrected chi connectivity index (χ0v) is 15.1. The number of nitrogens with one attached hydrogen (secondary N) is 1. The van der Waals surface area contributed by atoms with E-state index in [-0.39, 0.29) is 5.91 Å². The van der Waals surface area contributed by atoms with Crippen molar-refractivity contribution in [3.63, 3.8) is 0 Å². The Morgan fingerprint density at radius 1 is 1.20 bits per heavy atom. The number of hydrogen-bond acceptors (Lipinski definition) is 3. The summed E-state index contributed by atoms with van der Waals surface area (Å²) in [7, 11) is 4.16. The molecule has 0 bridgehead atoms. The summed E-state index contributed by atoms with van der Waals surface area (Å²) in [5.41, 5.74) is 1.22. The molecule has 1 heterocycles. The molecule has 0 radical (unpaired) electrons. The number of nitrogens with zero attached hydrogens (tertiary/aromatic N) is 2. The van der Waals surface area contributed by atoms with Crippen LogP contribution < -0.4 is 9.80 Å². The monoisotopic (exact) mass is 358 g/mol. The van der Waals surface area contributed by atoms with Crippen LogP contribution in [0.2, 0.25) is 0 Å². The van der Waals surface area contributed by atoms with Gasteiger partial charge < -0.3 is 4.90 Å². The Kier molecular flexibility index (Phi) is 5.40. The van der Waals surface area contributed by atoms with E-state index in [0.717, 1.165) is 23.2 Å². The molecule has 0 aliphatic carbocycles. The molecular formula is C19H21FN3OS+. The first-order chi connectivity index (χ1) is 12.0. The SMILES string of the molecule is C[NH+](C)CCCN(C(=O)c1cccc(F)c1)c1nc2ccccc2s1. The van der Waals surface area contributed by atoms with Gasteiger partial charge in [0, 0.05) is 18.5 Å². The van der Waals surface area contributed by atoms with Crippen molar-refractivity contribution in [1.29, 1.82) is 0 Å². The lowest BCUT2D eigenvalue weighted by Gasteiger charge is -2.20. The number of fused-ring (bicyclic) bond motifs is 1. The van der Waals surface area contributed by atoms with Gasteiger partial charge in [0.15, 0.2) is 5.13 Å². The number of quaternary nitrogens is 1. The van der Waals surface area contributed by atoms with Crippen molar-refractivity contribution in [2.75, 3.05) is 32.1 Å². The van der Waals surface area contributed by atoms with Crippen LogP contribution in [0, 0.1) is 5.82 Å². The average molecular weight is 358 g/mol. The van der Waals surface area contributed by atoms with Gasteiger partial charge in [0.1, 0.15) is 5.82 Å². The Labute approximate surface area is 150 Å². The summed E-state index contributed by atoms with van der Waals surface area (Å²) in [6.07, 6.45) is 0.847. The molecule has 25 heavy (non-hydrogen) atoms. The predicted molar refractivity (Wildman–Crippen MR) is 100.0 cm³/mol. The lowest BCUT2D eigenvalue weighted by molar-refractivity contribution is -0.858. The molecule has 3 rings (SSSR count). The molecular weight excluding hydrogens is 337 g/mol. The molecule has 3 aromatic rings. The molecule has 0 aliphatic heterocycles. The highest BCUT2D eigenvalue weighted by Gasteiger charge is 2.21. The maximum absolute atomic E-state index is 13.5. The van der Waals surface area contributed by atoms with Gasteiger partial charge in [-0.25, -0.2) is 9.37 Å². The molecule has 0 spiro atoms. The molecule has 4 nitrogen and oxygen atoms in total. The van der Waals surface area contributed by atoms with E-state index in [2.05, 4.69) is 19.1 Å². The number of halogens is 1. The van der Waals surface area contributed by atoms with E-state index in [1.165, 1.54) is 28.4 Å². The quantitative estimate of drug-likeness (QED) is 0.736. The fourth-order valence-corrected chi connectivity index (χ4v) is 3.62. The zero-order valence-electron chi connectivity index (χ0n) is 14.3. The van der Waals surface area contributed by atoms with Crippen molar-refractivity contribution < 1.29 is 14.1 Å². The van der Waals surface area contributed by atoms with Crippen molar-refractivity contribution in [1.82, 2.24) is 4.98 Å². The Bertz CT molecular complexity index is 845. The van der Waals surface area contributed by atoms with E-state index in [1.807, 2.05) is 24.3 Å². The zero-order chi connectivity index (χ0) is 17.8. The predicted octanol–water partition coefficient (Wildman–Crippen LogP) is 2.62. The third kappa shape index (κ3) is 4.21. The van der Waals surface area contributed by atoms with Gasteiger partial charge >= 0.3 is 0 Å². The van der Waals surface area contributed by atoms with E-state index in [9.17, 15) is 9.18 Å². The Morgan fingerprint density at radius 3 is 2.72 bits per heavy atom. The van der Waals surface area contributed by atoms with Crippen LogP contribution in [0.4, 0.5) is 9.52 Å². The van der Waals surface area contributed by atoms with Crippen molar-refractivity contribution in [2.24, 2.45) is 0 Å². The van der Waals surface area contributed by atoms with Gasteiger partial charge in [-0.2, -0.15) is 0 Å². The number of hydrogen-bond donors (Lipinski definition) is 1. The smallest absolute Gasteiger partial charge is 0.260 e. The first-order valence-electron chi connectivity index (χ1n) is 8.26. The van der Waals surface area contributed by atoms with Crippen LogP contribution in [-0.2, 0) is 0 Å². The highest BCUT2D eigenvalue weighted by molar-refractivity contribution is 7.22. The Morgan fingerprint density at radius 2 is 2.00 bits per heavy atom. The van der Waals surface area contributed by atoms with Crippen molar-refractivity contribution in [3.05, 3.63) is 59.9 Å². The lowest BCUT2D eigenvalue weighted by Crippen LogP contribution is -3.05. The summed E-state index contributed by atoms with van der Waals surface area (Å²) < 4.78 is 14.6. The van der Waals surface area contributed by atoms with Gasteiger partial charge in [-0.15, -0.1) is 0 Å². The number of thiazole rings is 1. The molecule has 130 valence electrons. The normalized spacial score (nSPS) is 11.2. The van der Waals surface area contributed by atoms with Crippen LogP contribution in [0.1, 0.15) is 16.8 Å². The van der Waals surface area contributed by atoms with Crippen LogP contribution in [0.5, 0.6) is 0 Å². The van der Waals surface area contributed by atoms with Gasteiger partial charge in [0.05, 0.1) is 30.9 Å². The second-order valence-corrected chi connectivity index (χ2v) is 7.25. The largest absolute Gasteiger partial charge is 0.340 e. The van der Waals surface area contributed by atoms with Gasteiger partial charge in [0.2, 0.25) is 0 Å². The fourth-order valence-electron chi connectivity index (χ4n) is 2.63. The fraction of sp³-hybridized carbons (Fsp3) is 0.263. The second-order valence-electron chi connectivity index (χ2n) is 6.24. The molecule has 1 amide bonds. The maximum atomic E-state index is 13.5. The minimum atomic E-state index is -0.409. The molecule has 0 aliphatic rings. The number of carbonyl (C=O) groups excluding carboxylic acids is 1. The van der Waals surface area contributed by atoms with E-state index in [1.54, 1.807) is 17.0 Å². The molecule has 0 saturated heterocycles. The summed E-state index contributed by atoms with van der Waals surface area (Å²) >= 11 is 1.48. The summed E-state index contributed by atoms with van der Waals surface area (Å²) in [6.45, 7) is 1.50. The average Bonchev–Trinajstić information content (AvgIpc) is 3.01. The third-order valence-corrected chi connectivity index (χ3v) is 4.95. The molecule has 6 heteroatoms. The third-order valence-electron chi connectivity index (χ3n) is 3.89. The first-order valence-corrected chi connectivity index (χ1v) is 9.08. The molecule has 0 unspecified atom stereocenters. The summed E-state index contributed by atoms with van der Waals surface area (Å²) in [4.78, 5) is 20.6. The maximum Gasteiger partial charge on any atom is 0.260 e. The van der Waals surface area contributed by atoms with Crippen LogP contribution in [0.25, 0.3) is 10.2 Å². The van der Waals surface area contributed by atoms with Crippen LogP contribution >= 0.6 is 11.3 Å². The van der Waals surface area contributed by atoms with Crippen LogP contribution in [0.3, 0.4) is 0 Å². The topological polar surface area (TPSA) is 37.6 Å². The summed E-state index contributed by atoms with van der Waals surface area (Å²) in [5.74, 6) is -0.625. The molecule has 0 saturated carbocycles. The summed E-state index contributed by atoms with van der Waals surface area (Å²) in [5, 5.41) is 0.657. The Hall–Kier alpha value is -2.31. The van der Waals surface area contributed by atoms with Crippen LogP contribution in [-0.4, -0.2) is 38.1 Å². The number of rotatable bonds is 6. The van der Waals surface area contributed by atoms with Gasteiger partial charge in [-0.1, -0.05) is 29.5 Å². The number of carbonyl (C=O) groups is 1. The van der Waals surface area contributed by atoms with Crippen molar-refractivity contribution >= 4 is 32.6 Å². The first kappa shape index (κ1) is 17.5. The minimum Gasteiger partial charge on any atom is -0.340 e. The summed E-state index contributed by atoms with van der Waals surface area (Å²) in [6, 6.07) is 13.6. The number of benzene rings is 2. The molecule has 0 fully saturated rings. The number of anilines is 1. The second kappa shape index (κ2) is 7.72. The molecule has 1 aromatic heterocycles. The van der Waals surface area contributed by atoms with Crippen molar-refractivity contribution in [3.8, 4) is 0 Å². The van der Waals surface area contributed by atoms with Gasteiger partial charge in [0.25, 0.3) is 5.91 Å². The lowest BCUT2D eigenvalue weighted by atomic mass is 10.2. The molecule has 1 N–H and O–H groups in total. The minimum absolute atomic E-state index is 0.215. The van der Waals surface area contributed by atoms with Crippen LogP contribution in [0.15, 0.2) is 48.5 Å². The van der Waals surface area contributed by atoms with Crippen molar-refractivity contribution in [2.45, 2.75) is 6.42 Å². The van der Waals surface area contributed by atoms with E-state index in [0.29, 0.717) is 17.2 Å². The van der Waals surface area contributed by atoms with E-state index < -0.39 is 5.82 Å². The van der Waals surface area contributed by atoms with E-state index >= 15 is 0 Å². The van der Waals surface area contributed by atoms with Gasteiger partial charge in [-0.05, 0) is 30.3 Å². The Balaban J connectivity index is 1.92. The van der Waals surface area contributed by atoms with Gasteiger partial charge in [-0.3, -0.25) is 9.69 Å².